The molecule has 0 aromatic heterocycles. The second kappa shape index (κ2) is 5.38. The second-order valence-electron chi connectivity index (χ2n) is 6.12. The fourth-order valence-electron chi connectivity index (χ4n) is 3.10. The Morgan fingerprint density at radius 2 is 2.00 bits per heavy atom. The number of carbonyl (C=O) groups excluding carboxylic acids is 1. The Morgan fingerprint density at radius 1 is 1.24 bits per heavy atom. The lowest BCUT2D eigenvalue weighted by Gasteiger charge is -2.40. The van der Waals surface area contributed by atoms with Crippen molar-refractivity contribution in [2.75, 3.05) is 6.54 Å². The summed E-state index contributed by atoms with van der Waals surface area (Å²) in [5, 5.41) is 3.25. The smallest absolute Gasteiger partial charge is 0.227 e. The normalized spacial score (nSPS) is 32.4. The molecule has 0 bridgehead atoms. The van der Waals surface area contributed by atoms with Crippen molar-refractivity contribution in [1.82, 2.24) is 5.32 Å². The third-order valence-corrected chi connectivity index (χ3v) is 4.78. The van der Waals surface area contributed by atoms with E-state index in [9.17, 15) is 4.79 Å². The van der Waals surface area contributed by atoms with Crippen LogP contribution in [0, 0.1) is 11.3 Å². The van der Waals surface area contributed by atoms with Gasteiger partial charge in [0.05, 0.1) is 5.41 Å². The van der Waals surface area contributed by atoms with E-state index in [0.717, 1.165) is 38.0 Å². The third kappa shape index (κ3) is 2.82. The highest BCUT2D eigenvalue weighted by molar-refractivity contribution is 5.84. The van der Waals surface area contributed by atoms with Crippen LogP contribution in [0.2, 0.25) is 0 Å². The minimum Gasteiger partial charge on any atom is -0.353 e. The minimum absolute atomic E-state index is 0.210. The summed E-state index contributed by atoms with van der Waals surface area (Å²) in [6.07, 6.45) is 9.24. The summed E-state index contributed by atoms with van der Waals surface area (Å²) in [6, 6.07) is 0.400. The van der Waals surface area contributed by atoms with Crippen LogP contribution in [0.3, 0.4) is 0 Å². The van der Waals surface area contributed by atoms with Crippen LogP contribution in [0.5, 0.6) is 0 Å². The van der Waals surface area contributed by atoms with E-state index in [1.165, 1.54) is 19.3 Å². The standard InChI is InChI=1S/C14H26N2O/c1-11-4-2-5-12(7-6-11)16-13(17)14(10-15)8-3-9-14/h11-12H,2-10,15H2,1H3,(H,16,17). The van der Waals surface area contributed by atoms with Gasteiger partial charge in [0, 0.05) is 12.6 Å². The van der Waals surface area contributed by atoms with E-state index in [2.05, 4.69) is 12.2 Å². The van der Waals surface area contributed by atoms with Gasteiger partial charge in [0.15, 0.2) is 0 Å². The van der Waals surface area contributed by atoms with Crippen molar-refractivity contribution in [2.24, 2.45) is 17.1 Å². The lowest BCUT2D eigenvalue weighted by atomic mass is 9.68. The minimum atomic E-state index is -0.210. The molecule has 2 unspecified atom stereocenters. The van der Waals surface area contributed by atoms with Gasteiger partial charge in [0.1, 0.15) is 0 Å². The molecular weight excluding hydrogens is 212 g/mol. The highest BCUT2D eigenvalue weighted by atomic mass is 16.2. The van der Waals surface area contributed by atoms with Gasteiger partial charge in [-0.2, -0.15) is 0 Å². The third-order valence-electron chi connectivity index (χ3n) is 4.78. The number of hydrogen-bond acceptors (Lipinski definition) is 2. The molecule has 0 radical (unpaired) electrons. The Bertz CT molecular complexity index is 268. The van der Waals surface area contributed by atoms with Gasteiger partial charge in [-0.3, -0.25) is 4.79 Å². The molecule has 2 aliphatic carbocycles. The van der Waals surface area contributed by atoms with Gasteiger partial charge >= 0.3 is 0 Å². The zero-order valence-corrected chi connectivity index (χ0v) is 11.0. The molecule has 3 heteroatoms. The van der Waals surface area contributed by atoms with Crippen LogP contribution < -0.4 is 11.1 Å². The molecule has 2 aliphatic rings. The highest BCUT2D eigenvalue weighted by Crippen LogP contribution is 2.40. The van der Waals surface area contributed by atoms with Crippen molar-refractivity contribution in [3.8, 4) is 0 Å². The first kappa shape index (κ1) is 12.9. The first-order chi connectivity index (χ1) is 8.16. The van der Waals surface area contributed by atoms with Gasteiger partial charge < -0.3 is 11.1 Å². The van der Waals surface area contributed by atoms with E-state index in [-0.39, 0.29) is 11.3 Å². The first-order valence-corrected chi connectivity index (χ1v) is 7.17. The molecule has 17 heavy (non-hydrogen) atoms. The van der Waals surface area contributed by atoms with E-state index >= 15 is 0 Å². The Labute approximate surface area is 105 Å². The van der Waals surface area contributed by atoms with Crippen LogP contribution in [-0.4, -0.2) is 18.5 Å². The fourth-order valence-corrected chi connectivity index (χ4v) is 3.10. The van der Waals surface area contributed by atoms with Crippen LogP contribution in [0.4, 0.5) is 0 Å². The number of amides is 1. The largest absolute Gasteiger partial charge is 0.353 e. The monoisotopic (exact) mass is 238 g/mol. The lowest BCUT2D eigenvalue weighted by Crippen LogP contribution is -2.52. The Kier molecular flexibility index (Phi) is 4.08. The van der Waals surface area contributed by atoms with Crippen molar-refractivity contribution in [3.63, 3.8) is 0 Å². The van der Waals surface area contributed by atoms with Gasteiger partial charge in [-0.05, 0) is 38.0 Å². The maximum atomic E-state index is 12.2. The molecular formula is C14H26N2O. The molecule has 2 fully saturated rings. The summed E-state index contributed by atoms with van der Waals surface area (Å²) < 4.78 is 0. The lowest BCUT2D eigenvalue weighted by molar-refractivity contribution is -0.136. The van der Waals surface area contributed by atoms with Gasteiger partial charge in [-0.25, -0.2) is 0 Å². The average molecular weight is 238 g/mol. The molecule has 0 aromatic rings. The van der Waals surface area contributed by atoms with Crippen LogP contribution in [0.25, 0.3) is 0 Å². The van der Waals surface area contributed by atoms with E-state index in [1.54, 1.807) is 0 Å². The summed E-state index contributed by atoms with van der Waals surface area (Å²) in [5.41, 5.74) is 5.56. The first-order valence-electron chi connectivity index (χ1n) is 7.17. The fraction of sp³-hybridized carbons (Fsp3) is 0.929. The molecule has 2 rings (SSSR count). The van der Waals surface area contributed by atoms with Crippen molar-refractivity contribution >= 4 is 5.91 Å². The Morgan fingerprint density at radius 3 is 2.59 bits per heavy atom. The Balaban J connectivity index is 1.85. The van der Waals surface area contributed by atoms with E-state index < -0.39 is 0 Å². The van der Waals surface area contributed by atoms with Gasteiger partial charge in [0.2, 0.25) is 5.91 Å². The summed E-state index contributed by atoms with van der Waals surface area (Å²) >= 11 is 0. The number of carbonyl (C=O) groups is 1. The zero-order valence-electron chi connectivity index (χ0n) is 11.0. The van der Waals surface area contributed by atoms with Crippen LogP contribution >= 0.6 is 0 Å². The highest BCUT2D eigenvalue weighted by Gasteiger charge is 2.43. The molecule has 0 aromatic carbocycles. The molecule has 3 N–H and O–H groups in total. The molecule has 3 nitrogen and oxygen atoms in total. The molecule has 0 heterocycles. The predicted molar refractivity (Wildman–Crippen MR) is 69.5 cm³/mol. The molecule has 1 amide bonds. The Hall–Kier alpha value is -0.570. The summed E-state index contributed by atoms with van der Waals surface area (Å²) in [7, 11) is 0. The van der Waals surface area contributed by atoms with Crippen LogP contribution in [0.15, 0.2) is 0 Å². The zero-order chi connectivity index (χ0) is 12.3. The summed E-state index contributed by atoms with van der Waals surface area (Å²) in [6.45, 7) is 2.83. The number of nitrogens with two attached hydrogens (primary N) is 1. The topological polar surface area (TPSA) is 55.1 Å². The van der Waals surface area contributed by atoms with Gasteiger partial charge in [-0.1, -0.05) is 26.2 Å². The molecule has 98 valence electrons. The van der Waals surface area contributed by atoms with E-state index in [1.807, 2.05) is 0 Å². The molecule has 2 atom stereocenters. The SMILES string of the molecule is CC1CCCC(NC(=O)C2(CN)CCC2)CC1. The average Bonchev–Trinajstić information content (AvgIpc) is 2.43. The maximum Gasteiger partial charge on any atom is 0.227 e. The van der Waals surface area contributed by atoms with Crippen LogP contribution in [0.1, 0.15) is 58.3 Å². The number of rotatable bonds is 3. The molecule has 0 spiro atoms. The molecule has 0 aliphatic heterocycles. The van der Waals surface area contributed by atoms with Crippen molar-refractivity contribution in [1.29, 1.82) is 0 Å². The molecule has 2 saturated carbocycles. The summed E-state index contributed by atoms with van der Waals surface area (Å²) in [4.78, 5) is 12.2. The van der Waals surface area contributed by atoms with Crippen LogP contribution in [-0.2, 0) is 4.79 Å². The van der Waals surface area contributed by atoms with E-state index in [4.69, 9.17) is 5.73 Å². The maximum absolute atomic E-state index is 12.2. The molecule has 0 saturated heterocycles. The van der Waals surface area contributed by atoms with Gasteiger partial charge in [-0.15, -0.1) is 0 Å². The predicted octanol–water partition coefficient (Wildman–Crippen LogP) is 2.20. The number of hydrogen-bond donors (Lipinski definition) is 2. The van der Waals surface area contributed by atoms with Crippen molar-refractivity contribution < 1.29 is 4.79 Å². The quantitative estimate of drug-likeness (QED) is 0.741. The summed E-state index contributed by atoms with van der Waals surface area (Å²) in [5.74, 6) is 1.05. The van der Waals surface area contributed by atoms with Crippen molar-refractivity contribution in [2.45, 2.75) is 64.3 Å². The van der Waals surface area contributed by atoms with E-state index in [0.29, 0.717) is 12.6 Å². The number of nitrogens with one attached hydrogen (secondary N) is 1. The second-order valence-corrected chi connectivity index (χ2v) is 6.12. The van der Waals surface area contributed by atoms with Gasteiger partial charge in [0.25, 0.3) is 0 Å². The van der Waals surface area contributed by atoms with Crippen molar-refractivity contribution in [3.05, 3.63) is 0 Å².